The lowest BCUT2D eigenvalue weighted by Crippen LogP contribution is -2.11. The summed E-state index contributed by atoms with van der Waals surface area (Å²) < 4.78 is 0. The maximum Gasteiger partial charge on any atom is 0.303 e. The van der Waals surface area contributed by atoms with Crippen LogP contribution in [0.4, 0.5) is 5.13 Å². The van der Waals surface area contributed by atoms with E-state index in [4.69, 9.17) is 16.7 Å². The summed E-state index contributed by atoms with van der Waals surface area (Å²) in [6, 6.07) is 6.62. The van der Waals surface area contributed by atoms with Crippen LogP contribution in [0.5, 0.6) is 0 Å². The molecule has 0 saturated carbocycles. The number of benzene rings is 1. The second kappa shape index (κ2) is 6.69. The lowest BCUT2D eigenvalue weighted by atomic mass is 10.2. The van der Waals surface area contributed by atoms with Crippen molar-refractivity contribution in [2.24, 2.45) is 0 Å². The van der Waals surface area contributed by atoms with Gasteiger partial charge >= 0.3 is 5.97 Å². The van der Waals surface area contributed by atoms with Crippen molar-refractivity contribution >= 4 is 39.9 Å². The smallest absolute Gasteiger partial charge is 0.303 e. The van der Waals surface area contributed by atoms with Crippen molar-refractivity contribution in [1.82, 2.24) is 4.98 Å². The van der Waals surface area contributed by atoms with Gasteiger partial charge in [0.1, 0.15) is 0 Å². The third-order valence-electron chi connectivity index (χ3n) is 2.77. The van der Waals surface area contributed by atoms with Crippen LogP contribution in [0.3, 0.4) is 0 Å². The van der Waals surface area contributed by atoms with Crippen LogP contribution >= 0.6 is 22.9 Å². The van der Waals surface area contributed by atoms with Crippen LogP contribution in [0.1, 0.15) is 27.3 Å². The molecule has 0 aliphatic carbocycles. The number of anilines is 1. The molecule has 0 spiro atoms. The molecule has 2 aromatic rings. The maximum atomic E-state index is 12.1. The molecule has 1 heterocycles. The molecule has 7 heteroatoms. The second-order valence-corrected chi connectivity index (χ2v) is 5.91. The van der Waals surface area contributed by atoms with Gasteiger partial charge in [0.2, 0.25) is 0 Å². The Morgan fingerprint density at radius 3 is 2.86 bits per heavy atom. The third kappa shape index (κ3) is 4.27. The van der Waals surface area contributed by atoms with Crippen molar-refractivity contribution in [3.8, 4) is 0 Å². The van der Waals surface area contributed by atoms with Gasteiger partial charge in [-0.3, -0.25) is 14.9 Å². The van der Waals surface area contributed by atoms with E-state index in [1.807, 2.05) is 0 Å². The predicted molar refractivity (Wildman–Crippen MR) is 82.2 cm³/mol. The molecular weight excluding hydrogens is 312 g/mol. The SMILES string of the molecule is Cc1nc(NC(=O)c2cccc(Cl)c2)sc1CCC(=O)O. The number of nitrogens with one attached hydrogen (secondary N) is 1. The van der Waals surface area contributed by atoms with Crippen LogP contribution in [0.2, 0.25) is 5.02 Å². The molecule has 0 fully saturated rings. The van der Waals surface area contributed by atoms with Gasteiger partial charge in [-0.25, -0.2) is 4.98 Å². The molecule has 0 aliphatic heterocycles. The van der Waals surface area contributed by atoms with Gasteiger partial charge < -0.3 is 5.11 Å². The molecule has 0 aliphatic rings. The highest BCUT2D eigenvalue weighted by atomic mass is 35.5. The third-order valence-corrected chi connectivity index (χ3v) is 4.13. The van der Waals surface area contributed by atoms with Crippen molar-refractivity contribution in [3.05, 3.63) is 45.4 Å². The minimum absolute atomic E-state index is 0.0463. The number of rotatable bonds is 5. The number of hydrogen-bond acceptors (Lipinski definition) is 4. The molecule has 1 aromatic heterocycles. The van der Waals surface area contributed by atoms with E-state index >= 15 is 0 Å². The van der Waals surface area contributed by atoms with E-state index in [1.54, 1.807) is 31.2 Å². The first-order valence-corrected chi connectivity index (χ1v) is 7.40. The van der Waals surface area contributed by atoms with Gasteiger partial charge in [0.15, 0.2) is 5.13 Å². The van der Waals surface area contributed by atoms with Crippen molar-refractivity contribution in [3.63, 3.8) is 0 Å². The number of amides is 1. The van der Waals surface area contributed by atoms with E-state index in [1.165, 1.54) is 11.3 Å². The fourth-order valence-corrected chi connectivity index (χ4v) is 2.88. The number of carbonyl (C=O) groups is 2. The largest absolute Gasteiger partial charge is 0.481 e. The first kappa shape index (κ1) is 15.5. The van der Waals surface area contributed by atoms with E-state index in [9.17, 15) is 9.59 Å². The van der Waals surface area contributed by atoms with Crippen molar-refractivity contribution in [2.45, 2.75) is 19.8 Å². The monoisotopic (exact) mass is 324 g/mol. The van der Waals surface area contributed by atoms with E-state index in [-0.39, 0.29) is 12.3 Å². The maximum absolute atomic E-state index is 12.1. The molecule has 1 aromatic carbocycles. The highest BCUT2D eigenvalue weighted by molar-refractivity contribution is 7.15. The first-order chi connectivity index (χ1) is 9.95. The average Bonchev–Trinajstić information content (AvgIpc) is 2.76. The second-order valence-electron chi connectivity index (χ2n) is 4.39. The van der Waals surface area contributed by atoms with Gasteiger partial charge in [-0.1, -0.05) is 17.7 Å². The number of aryl methyl sites for hydroxylation is 2. The predicted octanol–water partition coefficient (Wildman–Crippen LogP) is 3.37. The van der Waals surface area contributed by atoms with E-state index < -0.39 is 5.97 Å². The van der Waals surface area contributed by atoms with Gasteiger partial charge in [0.05, 0.1) is 12.1 Å². The molecule has 2 N–H and O–H groups in total. The van der Waals surface area contributed by atoms with Gasteiger partial charge in [-0.15, -0.1) is 11.3 Å². The number of carboxylic acid groups (broad SMARTS) is 1. The number of nitrogens with zero attached hydrogens (tertiary/aromatic N) is 1. The minimum atomic E-state index is -0.854. The molecule has 0 radical (unpaired) electrons. The molecule has 5 nitrogen and oxygen atoms in total. The van der Waals surface area contributed by atoms with E-state index in [0.717, 1.165) is 10.6 Å². The lowest BCUT2D eigenvalue weighted by Gasteiger charge is -2.01. The Balaban J connectivity index is 2.08. The van der Waals surface area contributed by atoms with Gasteiger partial charge in [0.25, 0.3) is 5.91 Å². The number of carboxylic acids is 1. The van der Waals surface area contributed by atoms with E-state index in [2.05, 4.69) is 10.3 Å². The standard InChI is InChI=1S/C14H13ClN2O3S/c1-8-11(5-6-12(18)19)21-14(16-8)17-13(20)9-3-2-4-10(15)7-9/h2-4,7H,5-6H2,1H3,(H,18,19)(H,16,17,20). The molecule has 21 heavy (non-hydrogen) atoms. The summed E-state index contributed by atoms with van der Waals surface area (Å²) in [6.45, 7) is 1.79. The molecule has 2 rings (SSSR count). The summed E-state index contributed by atoms with van der Waals surface area (Å²) in [4.78, 5) is 27.7. The average molecular weight is 325 g/mol. The van der Waals surface area contributed by atoms with Crippen molar-refractivity contribution < 1.29 is 14.7 Å². The zero-order valence-corrected chi connectivity index (χ0v) is 12.8. The highest BCUT2D eigenvalue weighted by Gasteiger charge is 2.13. The van der Waals surface area contributed by atoms with Crippen molar-refractivity contribution in [1.29, 1.82) is 0 Å². The summed E-state index contributed by atoms with van der Waals surface area (Å²) in [5, 5.41) is 12.3. The summed E-state index contributed by atoms with van der Waals surface area (Å²) >= 11 is 7.13. The van der Waals surface area contributed by atoms with Gasteiger partial charge in [-0.2, -0.15) is 0 Å². The molecule has 0 saturated heterocycles. The summed E-state index contributed by atoms with van der Waals surface area (Å²) in [5.41, 5.74) is 1.19. The normalized spacial score (nSPS) is 10.4. The Labute approximate surface area is 130 Å². The quantitative estimate of drug-likeness (QED) is 0.883. The van der Waals surface area contributed by atoms with Gasteiger partial charge in [0, 0.05) is 15.5 Å². The number of carbonyl (C=O) groups excluding carboxylic acids is 1. The Bertz CT molecular complexity index is 685. The molecule has 1 amide bonds. The number of hydrogen-bond donors (Lipinski definition) is 2. The topological polar surface area (TPSA) is 79.3 Å². The zero-order valence-electron chi connectivity index (χ0n) is 11.2. The Morgan fingerprint density at radius 1 is 1.43 bits per heavy atom. The van der Waals surface area contributed by atoms with Crippen LogP contribution in [0, 0.1) is 6.92 Å². The number of aromatic nitrogens is 1. The lowest BCUT2D eigenvalue weighted by molar-refractivity contribution is -0.136. The summed E-state index contributed by atoms with van der Waals surface area (Å²) in [5.74, 6) is -1.15. The molecule has 110 valence electrons. The van der Waals surface area contributed by atoms with Crippen LogP contribution in [-0.2, 0) is 11.2 Å². The minimum Gasteiger partial charge on any atom is -0.481 e. The molecule has 0 bridgehead atoms. The Hall–Kier alpha value is -1.92. The van der Waals surface area contributed by atoms with Gasteiger partial charge in [-0.05, 0) is 31.5 Å². The summed E-state index contributed by atoms with van der Waals surface area (Å²) in [7, 11) is 0. The van der Waals surface area contributed by atoms with Crippen LogP contribution in [-0.4, -0.2) is 22.0 Å². The van der Waals surface area contributed by atoms with Crippen LogP contribution in [0.25, 0.3) is 0 Å². The zero-order chi connectivity index (χ0) is 15.4. The Morgan fingerprint density at radius 2 is 2.19 bits per heavy atom. The first-order valence-electron chi connectivity index (χ1n) is 6.20. The fourth-order valence-electron chi connectivity index (χ4n) is 1.73. The van der Waals surface area contributed by atoms with E-state index in [0.29, 0.717) is 22.1 Å². The summed E-state index contributed by atoms with van der Waals surface area (Å²) in [6.07, 6.45) is 0.455. The molecule has 0 unspecified atom stereocenters. The Kier molecular flexibility index (Phi) is 4.93. The van der Waals surface area contributed by atoms with Crippen LogP contribution in [0.15, 0.2) is 24.3 Å². The van der Waals surface area contributed by atoms with Crippen molar-refractivity contribution in [2.75, 3.05) is 5.32 Å². The fraction of sp³-hybridized carbons (Fsp3) is 0.214. The van der Waals surface area contributed by atoms with Crippen LogP contribution < -0.4 is 5.32 Å². The number of thiazole rings is 1. The highest BCUT2D eigenvalue weighted by Crippen LogP contribution is 2.24. The number of halogens is 1. The molecular formula is C14H13ClN2O3S. The molecule has 0 atom stereocenters. The number of aliphatic carboxylic acids is 1.